The van der Waals surface area contributed by atoms with Gasteiger partial charge in [-0.05, 0) is 18.6 Å². The largest absolute Gasteiger partial charge is 0.478 e. The number of amides is 1. The molecule has 1 heterocycles. The number of anilines is 2. The van der Waals surface area contributed by atoms with E-state index in [2.05, 4.69) is 5.32 Å². The van der Waals surface area contributed by atoms with Gasteiger partial charge >= 0.3 is 5.97 Å². The van der Waals surface area contributed by atoms with Crippen molar-refractivity contribution in [2.45, 2.75) is 18.9 Å². The maximum Gasteiger partial charge on any atom is 0.337 e. The minimum atomic E-state index is -1.02. The van der Waals surface area contributed by atoms with Crippen LogP contribution in [0.25, 0.3) is 0 Å². The van der Waals surface area contributed by atoms with Gasteiger partial charge in [0.15, 0.2) is 0 Å². The summed E-state index contributed by atoms with van der Waals surface area (Å²) in [5.74, 6) is -0.910. The minimum absolute atomic E-state index is 0.0190. The number of benzene rings is 1. The number of carbonyl (C=O) groups excluding carboxylic acids is 1. The first-order valence-corrected chi connectivity index (χ1v) is 6.11. The third-order valence-electron chi connectivity index (χ3n) is 3.30. The first-order chi connectivity index (χ1) is 8.99. The Morgan fingerprint density at radius 3 is 2.89 bits per heavy atom. The molecule has 0 bridgehead atoms. The number of carboxylic acid groups (broad SMARTS) is 1. The van der Waals surface area contributed by atoms with Crippen molar-refractivity contribution >= 4 is 23.3 Å². The minimum Gasteiger partial charge on any atom is -0.478 e. The lowest BCUT2D eigenvalue weighted by molar-refractivity contribution is -0.132. The molecule has 1 saturated heterocycles. The number of nitrogens with one attached hydrogen (secondary N) is 1. The summed E-state index contributed by atoms with van der Waals surface area (Å²) in [6.07, 6.45) is 1.14. The normalized spacial score (nSPS) is 19.3. The molecule has 6 heteroatoms. The third-order valence-corrected chi connectivity index (χ3v) is 3.30. The maximum atomic E-state index is 11.4. The molecule has 0 saturated carbocycles. The molecule has 1 unspecified atom stereocenters. The number of nitrogens with zero attached hydrogens (tertiary/aromatic N) is 1. The number of rotatable bonds is 3. The van der Waals surface area contributed by atoms with Crippen molar-refractivity contribution in [3.8, 4) is 0 Å². The zero-order valence-corrected chi connectivity index (χ0v) is 10.7. The highest BCUT2D eigenvalue weighted by molar-refractivity contribution is 5.97. The van der Waals surface area contributed by atoms with Crippen LogP contribution in [0.4, 0.5) is 11.4 Å². The van der Waals surface area contributed by atoms with Crippen LogP contribution in [-0.4, -0.2) is 41.5 Å². The van der Waals surface area contributed by atoms with Gasteiger partial charge < -0.3 is 21.1 Å². The topological polar surface area (TPSA) is 95.7 Å². The van der Waals surface area contributed by atoms with Gasteiger partial charge in [0.25, 0.3) is 0 Å². The average molecular weight is 263 g/mol. The van der Waals surface area contributed by atoms with Gasteiger partial charge in [0.05, 0.1) is 16.9 Å². The molecular formula is C13H17N3O3. The highest BCUT2D eigenvalue weighted by Crippen LogP contribution is 2.26. The van der Waals surface area contributed by atoms with Gasteiger partial charge in [-0.1, -0.05) is 6.07 Å². The van der Waals surface area contributed by atoms with Crippen LogP contribution in [0.5, 0.6) is 0 Å². The van der Waals surface area contributed by atoms with E-state index in [-0.39, 0.29) is 17.5 Å². The number of hydrogen-bond donors (Lipinski definition) is 3. The summed E-state index contributed by atoms with van der Waals surface area (Å²) in [6, 6.07) is 4.80. The number of nitrogen functional groups attached to an aromatic ring is 1. The number of carbonyl (C=O) groups is 2. The van der Waals surface area contributed by atoms with E-state index in [0.29, 0.717) is 30.8 Å². The van der Waals surface area contributed by atoms with E-state index in [0.717, 1.165) is 0 Å². The second-order valence-corrected chi connectivity index (χ2v) is 4.73. The highest BCUT2D eigenvalue weighted by atomic mass is 16.4. The molecule has 0 radical (unpaired) electrons. The van der Waals surface area contributed by atoms with Gasteiger partial charge in [0.1, 0.15) is 0 Å². The average Bonchev–Trinajstić information content (AvgIpc) is 2.36. The zero-order chi connectivity index (χ0) is 14.0. The molecule has 1 amide bonds. The van der Waals surface area contributed by atoms with Crippen molar-refractivity contribution in [2.24, 2.45) is 0 Å². The van der Waals surface area contributed by atoms with Crippen LogP contribution in [-0.2, 0) is 4.79 Å². The fourth-order valence-electron chi connectivity index (χ4n) is 2.24. The number of para-hydroxylation sites is 1. The molecule has 1 aromatic rings. The van der Waals surface area contributed by atoms with Crippen molar-refractivity contribution < 1.29 is 14.7 Å². The van der Waals surface area contributed by atoms with Gasteiger partial charge in [-0.3, -0.25) is 4.79 Å². The predicted octanol–water partition coefficient (Wildman–Crippen LogP) is 1.000. The van der Waals surface area contributed by atoms with Crippen LogP contribution in [0, 0.1) is 0 Å². The van der Waals surface area contributed by atoms with Crippen molar-refractivity contribution in [3.05, 3.63) is 23.8 Å². The Balaban J connectivity index is 2.19. The lowest BCUT2D eigenvalue weighted by Gasteiger charge is -2.31. The van der Waals surface area contributed by atoms with Crippen molar-refractivity contribution in [2.75, 3.05) is 24.6 Å². The van der Waals surface area contributed by atoms with E-state index in [4.69, 9.17) is 10.8 Å². The molecule has 1 atom stereocenters. The SMILES string of the molecule is CN1CC(Nc2c(N)cccc2C(=O)O)CCC1=O. The molecule has 102 valence electrons. The molecule has 1 aromatic carbocycles. The quantitative estimate of drug-likeness (QED) is 0.707. The van der Waals surface area contributed by atoms with Gasteiger partial charge in [0, 0.05) is 26.1 Å². The van der Waals surface area contributed by atoms with E-state index in [9.17, 15) is 9.59 Å². The van der Waals surface area contributed by atoms with Crippen LogP contribution in [0.15, 0.2) is 18.2 Å². The van der Waals surface area contributed by atoms with Gasteiger partial charge in [0.2, 0.25) is 5.91 Å². The van der Waals surface area contributed by atoms with Crippen LogP contribution < -0.4 is 11.1 Å². The summed E-state index contributed by atoms with van der Waals surface area (Å²) in [6.45, 7) is 0.548. The van der Waals surface area contributed by atoms with Gasteiger partial charge in [-0.25, -0.2) is 4.79 Å². The van der Waals surface area contributed by atoms with Crippen molar-refractivity contribution in [1.29, 1.82) is 0 Å². The molecule has 1 fully saturated rings. The van der Waals surface area contributed by atoms with E-state index in [1.54, 1.807) is 24.1 Å². The fraction of sp³-hybridized carbons (Fsp3) is 0.385. The summed E-state index contributed by atoms with van der Waals surface area (Å²) in [4.78, 5) is 24.2. The Labute approximate surface area is 111 Å². The second kappa shape index (κ2) is 5.17. The van der Waals surface area contributed by atoms with Crippen LogP contribution in [0.2, 0.25) is 0 Å². The van der Waals surface area contributed by atoms with E-state index < -0.39 is 5.97 Å². The standard InChI is InChI=1S/C13H17N3O3/c1-16-7-8(5-6-11(16)17)15-12-9(13(18)19)3-2-4-10(12)14/h2-4,8,15H,5-7,14H2,1H3,(H,18,19). The molecule has 0 spiro atoms. The molecule has 0 aliphatic carbocycles. The zero-order valence-electron chi connectivity index (χ0n) is 10.7. The smallest absolute Gasteiger partial charge is 0.337 e. The lowest BCUT2D eigenvalue weighted by Crippen LogP contribution is -2.43. The monoisotopic (exact) mass is 263 g/mol. The summed E-state index contributed by atoms with van der Waals surface area (Å²) < 4.78 is 0. The predicted molar refractivity (Wildman–Crippen MR) is 72.1 cm³/mol. The number of aromatic carboxylic acids is 1. The molecular weight excluding hydrogens is 246 g/mol. The molecule has 0 aromatic heterocycles. The van der Waals surface area contributed by atoms with E-state index in [1.165, 1.54) is 6.07 Å². The third kappa shape index (κ3) is 2.78. The number of hydrogen-bond acceptors (Lipinski definition) is 4. The molecule has 1 aliphatic heterocycles. The Bertz CT molecular complexity index is 516. The molecule has 19 heavy (non-hydrogen) atoms. The summed E-state index contributed by atoms with van der Waals surface area (Å²) in [5.41, 5.74) is 6.82. The first kappa shape index (κ1) is 13.2. The summed E-state index contributed by atoms with van der Waals surface area (Å²) >= 11 is 0. The number of carboxylic acids is 1. The molecule has 1 aliphatic rings. The Morgan fingerprint density at radius 2 is 2.26 bits per heavy atom. The Morgan fingerprint density at radius 1 is 1.53 bits per heavy atom. The van der Waals surface area contributed by atoms with Gasteiger partial charge in [-0.2, -0.15) is 0 Å². The summed E-state index contributed by atoms with van der Waals surface area (Å²) in [7, 11) is 1.74. The Kier molecular flexibility index (Phi) is 3.59. The second-order valence-electron chi connectivity index (χ2n) is 4.73. The number of piperidine rings is 1. The highest BCUT2D eigenvalue weighted by Gasteiger charge is 2.24. The number of nitrogens with two attached hydrogens (primary N) is 1. The number of likely N-dealkylation sites (N-methyl/N-ethyl adjacent to an activating group) is 1. The first-order valence-electron chi connectivity index (χ1n) is 6.11. The van der Waals surface area contributed by atoms with Crippen molar-refractivity contribution in [1.82, 2.24) is 4.90 Å². The van der Waals surface area contributed by atoms with Crippen molar-refractivity contribution in [3.63, 3.8) is 0 Å². The van der Waals surface area contributed by atoms with Crippen LogP contribution in [0.3, 0.4) is 0 Å². The van der Waals surface area contributed by atoms with E-state index in [1.807, 2.05) is 0 Å². The molecule has 6 nitrogen and oxygen atoms in total. The molecule has 2 rings (SSSR count). The lowest BCUT2D eigenvalue weighted by atomic mass is 10.0. The fourth-order valence-corrected chi connectivity index (χ4v) is 2.24. The van der Waals surface area contributed by atoms with Crippen LogP contribution in [0.1, 0.15) is 23.2 Å². The van der Waals surface area contributed by atoms with E-state index >= 15 is 0 Å². The van der Waals surface area contributed by atoms with Crippen LogP contribution >= 0.6 is 0 Å². The number of likely N-dealkylation sites (tertiary alicyclic amines) is 1. The summed E-state index contributed by atoms with van der Waals surface area (Å²) in [5, 5.41) is 12.3. The Hall–Kier alpha value is -2.24. The maximum absolute atomic E-state index is 11.4. The molecule has 4 N–H and O–H groups in total. The van der Waals surface area contributed by atoms with Gasteiger partial charge in [-0.15, -0.1) is 0 Å².